The molecule has 15 nitrogen and oxygen atoms in total. The number of benzene rings is 1. The fraction of sp³-hybridized carbons (Fsp3) is 0.367. The number of rotatable bonds is 7. The number of ether oxygens (including phenoxy) is 1. The van der Waals surface area contributed by atoms with Gasteiger partial charge in [-0.3, -0.25) is 24.3 Å². The van der Waals surface area contributed by atoms with Gasteiger partial charge in [-0.05, 0) is 36.6 Å². The van der Waals surface area contributed by atoms with Crippen molar-refractivity contribution in [3.05, 3.63) is 69.0 Å². The molecule has 6 rings (SSSR count). The van der Waals surface area contributed by atoms with Crippen molar-refractivity contribution in [3.8, 4) is 0 Å². The van der Waals surface area contributed by atoms with Gasteiger partial charge in [0, 0.05) is 32.2 Å². The minimum atomic E-state index is -4.61. The number of fused-ring (bicyclic) bond motifs is 1. The zero-order chi connectivity index (χ0) is 34.9. The lowest BCUT2D eigenvalue weighted by Gasteiger charge is -2.36. The van der Waals surface area contributed by atoms with E-state index in [1.165, 1.54) is 21.7 Å². The first-order valence-corrected chi connectivity index (χ1v) is 15.6. The second kappa shape index (κ2) is 13.7. The average molecular weight is 703 g/mol. The predicted molar refractivity (Wildman–Crippen MR) is 171 cm³/mol. The minimum absolute atomic E-state index is 0.0260. The number of nitrogens with one attached hydrogen (secondary N) is 3. The third kappa shape index (κ3) is 7.00. The van der Waals surface area contributed by atoms with Crippen LogP contribution in [0.2, 0.25) is 5.02 Å². The van der Waals surface area contributed by atoms with E-state index >= 15 is 0 Å². The van der Waals surface area contributed by atoms with Crippen molar-refractivity contribution in [1.29, 1.82) is 0 Å². The van der Waals surface area contributed by atoms with Crippen molar-refractivity contribution < 1.29 is 32.3 Å². The molecule has 5 heterocycles. The maximum Gasteiger partial charge on any atom is 0.416 e. The van der Waals surface area contributed by atoms with E-state index in [1.807, 2.05) is 6.08 Å². The van der Waals surface area contributed by atoms with Gasteiger partial charge in [0.1, 0.15) is 18.1 Å². The minimum Gasteiger partial charge on any atom is -0.377 e. The molecule has 3 N–H and O–H groups in total. The van der Waals surface area contributed by atoms with Gasteiger partial charge in [-0.1, -0.05) is 24.6 Å². The van der Waals surface area contributed by atoms with Crippen LogP contribution in [0.3, 0.4) is 0 Å². The summed E-state index contributed by atoms with van der Waals surface area (Å²) in [6, 6.07) is 4.11. The van der Waals surface area contributed by atoms with Crippen molar-refractivity contribution in [2.24, 2.45) is 0 Å². The van der Waals surface area contributed by atoms with Gasteiger partial charge in [0.25, 0.3) is 5.56 Å². The van der Waals surface area contributed by atoms with Gasteiger partial charge >= 0.3 is 18.0 Å². The molecular weight excluding hydrogens is 673 g/mol. The first-order valence-electron chi connectivity index (χ1n) is 15.2. The van der Waals surface area contributed by atoms with Crippen LogP contribution in [-0.4, -0.2) is 91.4 Å². The Morgan fingerprint density at radius 1 is 1.10 bits per heavy atom. The Hall–Kier alpha value is -5.23. The normalized spacial score (nSPS) is 15.3. The summed E-state index contributed by atoms with van der Waals surface area (Å²) in [5.41, 5.74) is -0.0276. The van der Waals surface area contributed by atoms with Crippen LogP contribution in [-0.2, 0) is 38.3 Å². The van der Waals surface area contributed by atoms with E-state index in [0.717, 1.165) is 28.3 Å². The molecule has 3 amide bonds. The summed E-state index contributed by atoms with van der Waals surface area (Å²) in [5.74, 6) is -1.58. The van der Waals surface area contributed by atoms with Crippen LogP contribution >= 0.6 is 11.6 Å². The van der Waals surface area contributed by atoms with Crippen LogP contribution in [0.15, 0.2) is 41.3 Å². The molecule has 0 saturated carbocycles. The smallest absolute Gasteiger partial charge is 0.377 e. The Bertz CT molecular complexity index is 2000. The Morgan fingerprint density at radius 2 is 1.88 bits per heavy atom. The first-order chi connectivity index (χ1) is 23.4. The van der Waals surface area contributed by atoms with Crippen LogP contribution in [0.25, 0.3) is 11.4 Å². The van der Waals surface area contributed by atoms with Gasteiger partial charge in [-0.2, -0.15) is 27.8 Å². The SMILES string of the molecule is CCc1c(N2CCN(C(=O)C(=O)Nc3ccn[nH]3)CC2)c(=O)n2nc(C3=CCOCC3)nc2n1CC(=O)Nc1ccc(C(F)(F)F)cc1Cl. The first kappa shape index (κ1) is 33.7. The maximum absolute atomic E-state index is 14.1. The number of carbonyl (C=O) groups excluding carboxylic acids is 3. The van der Waals surface area contributed by atoms with E-state index in [2.05, 4.69) is 30.9 Å². The monoisotopic (exact) mass is 702 g/mol. The number of piperazine rings is 1. The Balaban J connectivity index is 1.31. The van der Waals surface area contributed by atoms with Crippen LogP contribution < -0.4 is 21.1 Å². The van der Waals surface area contributed by atoms with E-state index in [9.17, 15) is 32.3 Å². The average Bonchev–Trinajstić information content (AvgIpc) is 3.77. The number of aromatic amines is 1. The van der Waals surface area contributed by atoms with Crippen LogP contribution in [0.5, 0.6) is 0 Å². The van der Waals surface area contributed by atoms with E-state index < -0.39 is 35.0 Å². The highest BCUT2D eigenvalue weighted by atomic mass is 35.5. The zero-order valence-electron chi connectivity index (χ0n) is 26.0. The molecule has 0 aliphatic carbocycles. The largest absolute Gasteiger partial charge is 0.416 e. The number of alkyl halides is 3. The molecule has 258 valence electrons. The zero-order valence-corrected chi connectivity index (χ0v) is 26.8. The summed E-state index contributed by atoms with van der Waals surface area (Å²) in [4.78, 5) is 60.7. The number of nitrogens with zero attached hydrogens (tertiary/aromatic N) is 7. The summed E-state index contributed by atoms with van der Waals surface area (Å²) >= 11 is 6.09. The number of aromatic nitrogens is 6. The summed E-state index contributed by atoms with van der Waals surface area (Å²) < 4.78 is 47.5. The molecule has 1 saturated heterocycles. The number of anilines is 3. The molecule has 4 aromatic rings. The Labute approximate surface area is 280 Å². The van der Waals surface area contributed by atoms with Gasteiger partial charge in [-0.15, -0.1) is 5.10 Å². The van der Waals surface area contributed by atoms with Crippen molar-refractivity contribution in [1.82, 2.24) is 34.3 Å². The number of H-pyrrole nitrogens is 1. The number of hydrogen-bond donors (Lipinski definition) is 3. The van der Waals surface area contributed by atoms with E-state index in [4.69, 9.17) is 16.3 Å². The lowest BCUT2D eigenvalue weighted by atomic mass is 10.1. The number of hydrogen-bond acceptors (Lipinski definition) is 9. The van der Waals surface area contributed by atoms with E-state index in [1.54, 1.807) is 11.8 Å². The summed E-state index contributed by atoms with van der Waals surface area (Å²) in [7, 11) is 0. The molecule has 1 aromatic carbocycles. The van der Waals surface area contributed by atoms with Crippen LogP contribution in [0, 0.1) is 0 Å². The second-order valence-corrected chi connectivity index (χ2v) is 11.6. The topological polar surface area (TPSA) is 172 Å². The van der Waals surface area contributed by atoms with Gasteiger partial charge in [-0.25, -0.2) is 0 Å². The van der Waals surface area contributed by atoms with E-state index in [0.29, 0.717) is 31.2 Å². The standard InChI is InChI=1S/C30H30ClF3N10O5/c1-2-21-24(41-9-11-42(12-10-41)28(48)26(46)37-22-5-8-35-39-22)27(47)44-29(38-25(40-44)17-6-13-49-14-7-17)43(21)16-23(45)36-20-4-3-18(15-19(20)31)30(32,33)34/h3-6,8,15H,2,7,9-14,16H2,1H3,(H,36,45)(H2,35,37,39,46). The van der Waals surface area contributed by atoms with Crippen molar-refractivity contribution in [2.75, 3.05) is 54.9 Å². The quantitative estimate of drug-likeness (QED) is 0.245. The van der Waals surface area contributed by atoms with Crippen molar-refractivity contribution >= 4 is 57.9 Å². The lowest BCUT2D eigenvalue weighted by molar-refractivity contribution is -0.143. The molecule has 1 fully saturated rings. The number of halogens is 4. The molecule has 0 atom stereocenters. The van der Waals surface area contributed by atoms with Crippen LogP contribution in [0.4, 0.5) is 30.4 Å². The fourth-order valence-electron chi connectivity index (χ4n) is 5.70. The molecule has 0 unspecified atom stereocenters. The number of carbonyl (C=O) groups is 3. The highest BCUT2D eigenvalue weighted by Gasteiger charge is 2.32. The molecule has 49 heavy (non-hydrogen) atoms. The Kier molecular flexibility index (Phi) is 9.42. The fourth-order valence-corrected chi connectivity index (χ4v) is 5.93. The molecular formula is C30H30ClF3N10O5. The maximum atomic E-state index is 14.1. The molecule has 2 aliphatic rings. The summed E-state index contributed by atoms with van der Waals surface area (Å²) in [6.45, 7) is 2.83. The third-order valence-electron chi connectivity index (χ3n) is 8.11. The van der Waals surface area contributed by atoms with Crippen molar-refractivity contribution in [2.45, 2.75) is 32.5 Å². The molecule has 0 bridgehead atoms. The van der Waals surface area contributed by atoms with Gasteiger partial charge in [0.05, 0.1) is 41.4 Å². The van der Waals surface area contributed by atoms with Crippen molar-refractivity contribution in [3.63, 3.8) is 0 Å². The molecule has 3 aromatic heterocycles. The molecule has 2 aliphatic heterocycles. The van der Waals surface area contributed by atoms with Gasteiger partial charge in [0.15, 0.2) is 5.82 Å². The Morgan fingerprint density at radius 3 is 2.51 bits per heavy atom. The second-order valence-electron chi connectivity index (χ2n) is 11.2. The molecule has 0 spiro atoms. The molecule has 0 radical (unpaired) electrons. The highest BCUT2D eigenvalue weighted by molar-refractivity contribution is 6.39. The molecule has 19 heteroatoms. The highest BCUT2D eigenvalue weighted by Crippen LogP contribution is 2.34. The number of amides is 3. The van der Waals surface area contributed by atoms with E-state index in [-0.39, 0.29) is 67.1 Å². The van der Waals surface area contributed by atoms with Gasteiger partial charge < -0.3 is 29.7 Å². The lowest BCUT2D eigenvalue weighted by Crippen LogP contribution is -2.53. The third-order valence-corrected chi connectivity index (χ3v) is 8.42. The predicted octanol–water partition coefficient (Wildman–Crippen LogP) is 2.58. The van der Waals surface area contributed by atoms with Gasteiger partial charge in [0.2, 0.25) is 11.7 Å². The van der Waals surface area contributed by atoms with Crippen LogP contribution in [0.1, 0.15) is 30.4 Å². The summed E-state index contributed by atoms with van der Waals surface area (Å²) in [5, 5.41) is 15.5. The summed E-state index contributed by atoms with van der Waals surface area (Å²) in [6.07, 6.45) is -0.585.